The zero-order chi connectivity index (χ0) is 12.7. The topological polar surface area (TPSA) is 91.5 Å². The molecule has 0 saturated carbocycles. The van der Waals surface area contributed by atoms with E-state index < -0.39 is 0 Å². The van der Waals surface area contributed by atoms with Crippen molar-refractivity contribution in [3.63, 3.8) is 0 Å². The smallest absolute Gasteiger partial charge is 0.226 e. The molecular formula is C11H18N4O2. The van der Waals surface area contributed by atoms with Gasteiger partial charge in [0.1, 0.15) is 5.82 Å². The van der Waals surface area contributed by atoms with Crippen molar-refractivity contribution < 1.29 is 9.90 Å². The minimum Gasteiger partial charge on any atom is -0.395 e. The number of carbonyl (C=O) groups is 1. The fraction of sp³-hybridized carbons (Fsp3) is 0.455. The monoisotopic (exact) mass is 238 g/mol. The van der Waals surface area contributed by atoms with Gasteiger partial charge in [0.2, 0.25) is 5.91 Å². The molecule has 0 aliphatic heterocycles. The van der Waals surface area contributed by atoms with Crippen LogP contribution in [0, 0.1) is 0 Å². The van der Waals surface area contributed by atoms with Gasteiger partial charge in [0.25, 0.3) is 0 Å². The Kier molecular flexibility index (Phi) is 5.38. The van der Waals surface area contributed by atoms with Crippen LogP contribution in [0.2, 0.25) is 0 Å². The van der Waals surface area contributed by atoms with Crippen LogP contribution < -0.4 is 16.0 Å². The molecule has 0 aromatic carbocycles. The van der Waals surface area contributed by atoms with E-state index in [2.05, 4.69) is 10.3 Å². The predicted octanol–water partition coefficient (Wildman–Crippen LogP) is -0.203. The lowest BCUT2D eigenvalue weighted by molar-refractivity contribution is -0.116. The minimum absolute atomic E-state index is 0.0888. The summed E-state index contributed by atoms with van der Waals surface area (Å²) in [6.07, 6.45) is 1.93. The van der Waals surface area contributed by atoms with Crippen molar-refractivity contribution >= 4 is 17.4 Å². The molecule has 1 aromatic heterocycles. The van der Waals surface area contributed by atoms with E-state index in [9.17, 15) is 4.79 Å². The van der Waals surface area contributed by atoms with E-state index in [1.54, 1.807) is 12.3 Å². The van der Waals surface area contributed by atoms with Crippen LogP contribution in [0.4, 0.5) is 11.5 Å². The van der Waals surface area contributed by atoms with Crippen LogP contribution in [0.15, 0.2) is 18.3 Å². The number of aromatic nitrogens is 1. The van der Waals surface area contributed by atoms with Gasteiger partial charge >= 0.3 is 0 Å². The molecule has 0 bridgehead atoms. The quantitative estimate of drug-likeness (QED) is 0.638. The van der Waals surface area contributed by atoms with Gasteiger partial charge in [0, 0.05) is 26.6 Å². The van der Waals surface area contributed by atoms with Crippen LogP contribution in [-0.2, 0) is 4.79 Å². The van der Waals surface area contributed by atoms with Crippen molar-refractivity contribution in [1.29, 1.82) is 0 Å². The van der Waals surface area contributed by atoms with E-state index in [0.717, 1.165) is 5.69 Å². The molecule has 1 amide bonds. The average Bonchev–Trinajstić information content (AvgIpc) is 2.30. The van der Waals surface area contributed by atoms with Crippen LogP contribution in [0.25, 0.3) is 0 Å². The first-order valence-corrected chi connectivity index (χ1v) is 5.45. The highest BCUT2D eigenvalue weighted by molar-refractivity contribution is 5.89. The molecule has 0 spiro atoms. The van der Waals surface area contributed by atoms with Crippen molar-refractivity contribution in [3.05, 3.63) is 18.3 Å². The number of aliphatic hydroxyl groups is 1. The maximum absolute atomic E-state index is 11.3. The fourth-order valence-corrected chi connectivity index (χ4v) is 1.30. The number of nitrogens with zero attached hydrogens (tertiary/aromatic N) is 2. The molecule has 0 aliphatic rings. The second-order valence-corrected chi connectivity index (χ2v) is 3.63. The Balaban J connectivity index is 2.58. The third-order valence-electron chi connectivity index (χ3n) is 2.26. The Bertz CT molecular complexity index is 353. The molecule has 4 N–H and O–H groups in total. The summed E-state index contributed by atoms with van der Waals surface area (Å²) in [5.41, 5.74) is 6.15. The number of pyridine rings is 1. The number of likely N-dealkylation sites (N-methyl/N-ethyl adjacent to an activating group) is 1. The van der Waals surface area contributed by atoms with Crippen molar-refractivity contribution in [2.24, 2.45) is 5.73 Å². The summed E-state index contributed by atoms with van der Waals surface area (Å²) in [4.78, 5) is 17.2. The Morgan fingerprint density at radius 1 is 1.59 bits per heavy atom. The molecule has 6 nitrogen and oxygen atoms in total. The molecule has 0 saturated heterocycles. The molecule has 0 atom stereocenters. The summed E-state index contributed by atoms with van der Waals surface area (Å²) >= 11 is 0. The summed E-state index contributed by atoms with van der Waals surface area (Å²) < 4.78 is 0. The highest BCUT2D eigenvalue weighted by Gasteiger charge is 2.03. The Morgan fingerprint density at radius 2 is 2.35 bits per heavy atom. The lowest BCUT2D eigenvalue weighted by Crippen LogP contribution is -2.21. The number of carbonyl (C=O) groups excluding carboxylic acids is 1. The molecule has 0 radical (unpaired) electrons. The van der Waals surface area contributed by atoms with Crippen LogP contribution in [0.5, 0.6) is 0 Å². The van der Waals surface area contributed by atoms with Gasteiger partial charge in [0.05, 0.1) is 18.5 Å². The molecule has 6 heteroatoms. The largest absolute Gasteiger partial charge is 0.395 e. The van der Waals surface area contributed by atoms with E-state index in [1.165, 1.54) is 0 Å². The first kappa shape index (κ1) is 13.4. The third-order valence-corrected chi connectivity index (χ3v) is 2.26. The van der Waals surface area contributed by atoms with Gasteiger partial charge in [-0.1, -0.05) is 0 Å². The van der Waals surface area contributed by atoms with Gasteiger partial charge in [-0.05, 0) is 12.1 Å². The van der Waals surface area contributed by atoms with E-state index in [-0.39, 0.29) is 18.9 Å². The van der Waals surface area contributed by atoms with Crippen molar-refractivity contribution in [3.8, 4) is 0 Å². The van der Waals surface area contributed by atoms with Gasteiger partial charge in [-0.25, -0.2) is 4.98 Å². The zero-order valence-corrected chi connectivity index (χ0v) is 9.89. The summed E-state index contributed by atoms with van der Waals surface area (Å²) in [6, 6.07) is 3.55. The van der Waals surface area contributed by atoms with Crippen molar-refractivity contribution in [2.45, 2.75) is 6.42 Å². The maximum Gasteiger partial charge on any atom is 0.226 e. The zero-order valence-electron chi connectivity index (χ0n) is 9.89. The Hall–Kier alpha value is -1.66. The molecule has 0 fully saturated rings. The predicted molar refractivity (Wildman–Crippen MR) is 66.9 cm³/mol. The molecular weight excluding hydrogens is 220 g/mol. The average molecular weight is 238 g/mol. The molecule has 94 valence electrons. The molecule has 0 unspecified atom stereocenters. The summed E-state index contributed by atoms with van der Waals surface area (Å²) in [7, 11) is 1.86. The minimum atomic E-state index is -0.142. The van der Waals surface area contributed by atoms with Gasteiger partial charge in [-0.2, -0.15) is 0 Å². The summed E-state index contributed by atoms with van der Waals surface area (Å²) in [5.74, 6) is 0.362. The first-order valence-electron chi connectivity index (χ1n) is 5.45. The molecule has 1 aromatic rings. The molecule has 0 aliphatic carbocycles. The van der Waals surface area contributed by atoms with Crippen LogP contribution >= 0.6 is 0 Å². The molecule has 1 rings (SSSR count). The fourth-order valence-electron chi connectivity index (χ4n) is 1.30. The van der Waals surface area contributed by atoms with E-state index in [4.69, 9.17) is 10.8 Å². The van der Waals surface area contributed by atoms with Crippen LogP contribution in [0.1, 0.15) is 6.42 Å². The normalized spacial score (nSPS) is 10.1. The number of nitrogens with two attached hydrogens (primary N) is 1. The lowest BCUT2D eigenvalue weighted by Gasteiger charge is -2.17. The Morgan fingerprint density at radius 3 is 2.88 bits per heavy atom. The summed E-state index contributed by atoms with van der Waals surface area (Å²) in [6.45, 7) is 0.954. The number of rotatable bonds is 6. The third kappa shape index (κ3) is 4.38. The van der Waals surface area contributed by atoms with Crippen molar-refractivity contribution in [1.82, 2.24) is 4.98 Å². The van der Waals surface area contributed by atoms with Crippen LogP contribution in [-0.4, -0.2) is 42.7 Å². The SMILES string of the molecule is CN(CCO)c1ccc(NC(=O)CCN)nc1. The maximum atomic E-state index is 11.3. The number of aliphatic hydroxyl groups excluding tert-OH is 1. The number of hydrogen-bond acceptors (Lipinski definition) is 5. The van der Waals surface area contributed by atoms with E-state index in [0.29, 0.717) is 18.9 Å². The van der Waals surface area contributed by atoms with Gasteiger partial charge in [0.15, 0.2) is 0 Å². The molecule has 17 heavy (non-hydrogen) atoms. The second-order valence-electron chi connectivity index (χ2n) is 3.63. The second kappa shape index (κ2) is 6.82. The number of nitrogens with one attached hydrogen (secondary N) is 1. The van der Waals surface area contributed by atoms with E-state index >= 15 is 0 Å². The standard InChI is InChI=1S/C11H18N4O2/c1-15(6-7-16)9-2-3-10(13-8-9)14-11(17)4-5-12/h2-3,8,16H,4-7,12H2,1H3,(H,13,14,17). The highest BCUT2D eigenvalue weighted by Crippen LogP contribution is 2.13. The number of amides is 1. The summed E-state index contributed by atoms with van der Waals surface area (Å²) in [5, 5.41) is 11.4. The number of hydrogen-bond donors (Lipinski definition) is 3. The molecule has 1 heterocycles. The lowest BCUT2D eigenvalue weighted by atomic mass is 10.3. The van der Waals surface area contributed by atoms with Gasteiger partial charge < -0.3 is 21.1 Å². The number of anilines is 2. The Labute approximate surface area is 100 Å². The first-order chi connectivity index (χ1) is 8.17. The van der Waals surface area contributed by atoms with Crippen molar-refractivity contribution in [2.75, 3.05) is 37.0 Å². The highest BCUT2D eigenvalue weighted by atomic mass is 16.3. The van der Waals surface area contributed by atoms with Gasteiger partial charge in [-0.15, -0.1) is 0 Å². The van der Waals surface area contributed by atoms with Gasteiger partial charge in [-0.3, -0.25) is 4.79 Å². The van der Waals surface area contributed by atoms with Crippen LogP contribution in [0.3, 0.4) is 0 Å². The van der Waals surface area contributed by atoms with E-state index in [1.807, 2.05) is 18.0 Å².